The fraction of sp³-hybridized carbons (Fsp3) is 0.579. The molecule has 0 unspecified atom stereocenters. The van der Waals surface area contributed by atoms with E-state index in [0.29, 0.717) is 45.1 Å². The summed E-state index contributed by atoms with van der Waals surface area (Å²) in [4.78, 5) is 27.3. The van der Waals surface area contributed by atoms with Gasteiger partial charge in [0.05, 0.1) is 11.5 Å². The second-order valence-electron chi connectivity index (χ2n) is 7.21. The lowest BCUT2D eigenvalue weighted by Crippen LogP contribution is -2.51. The number of ether oxygens (including phenoxy) is 1. The Morgan fingerprint density at radius 3 is 2.54 bits per heavy atom. The number of carbonyl (C=O) groups excluding carboxylic acids is 2. The molecule has 5 nitrogen and oxygen atoms in total. The molecule has 1 aromatic rings. The van der Waals surface area contributed by atoms with Crippen molar-refractivity contribution in [3.8, 4) is 0 Å². The van der Waals surface area contributed by atoms with Gasteiger partial charge in [-0.05, 0) is 31.2 Å². The molecule has 5 heteroatoms. The molecule has 0 aromatic heterocycles. The van der Waals surface area contributed by atoms with Crippen molar-refractivity contribution in [3.05, 3.63) is 35.9 Å². The van der Waals surface area contributed by atoms with Crippen LogP contribution in [0.25, 0.3) is 0 Å². The summed E-state index contributed by atoms with van der Waals surface area (Å²) in [6.45, 7) is 1.86. The third-order valence-corrected chi connectivity index (χ3v) is 5.59. The summed E-state index contributed by atoms with van der Waals surface area (Å²) in [5.74, 6) is 0.232. The first-order chi connectivity index (χ1) is 11.7. The fourth-order valence-corrected chi connectivity index (χ4v) is 4.01. The van der Waals surface area contributed by atoms with Gasteiger partial charge in [-0.25, -0.2) is 0 Å². The first-order valence-electron chi connectivity index (χ1n) is 8.93. The first-order valence-corrected chi connectivity index (χ1v) is 8.93. The molecule has 1 aliphatic carbocycles. The van der Waals surface area contributed by atoms with Crippen LogP contribution < -0.4 is 5.32 Å². The number of nitrogens with one attached hydrogen (secondary N) is 1. The van der Waals surface area contributed by atoms with E-state index in [0.717, 1.165) is 18.4 Å². The summed E-state index contributed by atoms with van der Waals surface area (Å²) in [5, 5.41) is 3.17. The zero-order valence-corrected chi connectivity index (χ0v) is 13.9. The molecule has 3 aliphatic rings. The zero-order valence-electron chi connectivity index (χ0n) is 13.9. The molecule has 128 valence electrons. The molecule has 3 fully saturated rings. The molecular weight excluding hydrogens is 304 g/mol. The van der Waals surface area contributed by atoms with Gasteiger partial charge in [-0.15, -0.1) is 0 Å². The number of hydrogen-bond donors (Lipinski definition) is 1. The Morgan fingerprint density at radius 2 is 1.88 bits per heavy atom. The quantitative estimate of drug-likeness (QED) is 0.914. The molecular formula is C19H24N2O3. The van der Waals surface area contributed by atoms with Crippen LogP contribution in [0, 0.1) is 0 Å². The largest absolute Gasteiger partial charge is 0.381 e. The van der Waals surface area contributed by atoms with Gasteiger partial charge >= 0.3 is 0 Å². The van der Waals surface area contributed by atoms with E-state index < -0.39 is 5.41 Å². The summed E-state index contributed by atoms with van der Waals surface area (Å²) in [6.07, 6.45) is 4.03. The molecule has 2 amide bonds. The molecule has 0 spiro atoms. The minimum absolute atomic E-state index is 0.0486. The van der Waals surface area contributed by atoms with Gasteiger partial charge in [-0.2, -0.15) is 0 Å². The summed E-state index contributed by atoms with van der Waals surface area (Å²) >= 11 is 0. The van der Waals surface area contributed by atoms with E-state index in [1.807, 2.05) is 35.2 Å². The Bertz CT molecular complexity index is 621. The van der Waals surface area contributed by atoms with Gasteiger partial charge in [-0.3, -0.25) is 9.59 Å². The van der Waals surface area contributed by atoms with Gasteiger partial charge < -0.3 is 15.0 Å². The van der Waals surface area contributed by atoms with Crippen molar-refractivity contribution in [2.75, 3.05) is 19.8 Å². The molecule has 1 saturated carbocycles. The van der Waals surface area contributed by atoms with Crippen LogP contribution in [0.1, 0.15) is 37.7 Å². The average molecular weight is 328 g/mol. The van der Waals surface area contributed by atoms with Crippen molar-refractivity contribution >= 4 is 11.8 Å². The highest BCUT2D eigenvalue weighted by Gasteiger charge is 2.45. The van der Waals surface area contributed by atoms with Gasteiger partial charge in [0.25, 0.3) is 0 Å². The number of amides is 2. The van der Waals surface area contributed by atoms with Crippen LogP contribution in [0.15, 0.2) is 30.3 Å². The van der Waals surface area contributed by atoms with Crippen molar-refractivity contribution in [2.24, 2.45) is 0 Å². The molecule has 1 atom stereocenters. The minimum Gasteiger partial charge on any atom is -0.381 e. The topological polar surface area (TPSA) is 58.6 Å². The van der Waals surface area contributed by atoms with Crippen molar-refractivity contribution in [1.82, 2.24) is 10.2 Å². The van der Waals surface area contributed by atoms with Crippen molar-refractivity contribution in [1.29, 1.82) is 0 Å². The Morgan fingerprint density at radius 1 is 1.17 bits per heavy atom. The molecule has 4 rings (SSSR count). The summed E-state index contributed by atoms with van der Waals surface area (Å²) in [6, 6.07) is 10.3. The smallest absolute Gasteiger partial charge is 0.231 e. The monoisotopic (exact) mass is 328 g/mol. The highest BCUT2D eigenvalue weighted by atomic mass is 16.5. The number of rotatable bonds is 4. The number of carbonyl (C=O) groups is 2. The van der Waals surface area contributed by atoms with Crippen molar-refractivity contribution in [2.45, 2.75) is 49.6 Å². The number of likely N-dealkylation sites (tertiary alicyclic amines) is 1. The molecule has 2 heterocycles. The summed E-state index contributed by atoms with van der Waals surface area (Å²) < 4.78 is 5.50. The molecule has 0 radical (unpaired) electrons. The third-order valence-electron chi connectivity index (χ3n) is 5.59. The SMILES string of the molecule is O=C1C[C@H](NC(=O)C2(c3ccccc3)CCOCC2)CN1C1CC1. The van der Waals surface area contributed by atoms with E-state index in [1.54, 1.807) is 0 Å². The van der Waals surface area contributed by atoms with E-state index in [2.05, 4.69) is 5.32 Å². The van der Waals surface area contributed by atoms with E-state index >= 15 is 0 Å². The fourth-order valence-electron chi connectivity index (χ4n) is 4.01. The average Bonchev–Trinajstić information content (AvgIpc) is 3.40. The summed E-state index contributed by atoms with van der Waals surface area (Å²) in [5.41, 5.74) is 0.518. The molecule has 1 aromatic carbocycles. The first kappa shape index (κ1) is 15.6. The highest BCUT2D eigenvalue weighted by molar-refractivity contribution is 5.90. The second kappa shape index (κ2) is 6.20. The standard InChI is InChI=1S/C19H24N2O3/c22-17-12-15(13-21(17)16-6-7-16)20-18(23)19(8-10-24-11-9-19)14-4-2-1-3-5-14/h1-5,15-16H,6-13H2,(H,20,23)/t15-/m0/s1. The van der Waals surface area contributed by atoms with Gasteiger partial charge in [0.2, 0.25) is 11.8 Å². The van der Waals surface area contributed by atoms with E-state index in [1.165, 1.54) is 0 Å². The van der Waals surface area contributed by atoms with Gasteiger partial charge in [0, 0.05) is 32.2 Å². The van der Waals surface area contributed by atoms with Crippen LogP contribution >= 0.6 is 0 Å². The lowest BCUT2D eigenvalue weighted by Gasteiger charge is -2.37. The van der Waals surface area contributed by atoms with Gasteiger partial charge in [0.15, 0.2) is 0 Å². The van der Waals surface area contributed by atoms with E-state index in [-0.39, 0.29) is 17.9 Å². The number of hydrogen-bond acceptors (Lipinski definition) is 3. The lowest BCUT2D eigenvalue weighted by molar-refractivity contribution is -0.131. The van der Waals surface area contributed by atoms with E-state index in [4.69, 9.17) is 4.74 Å². The third kappa shape index (κ3) is 2.81. The van der Waals surface area contributed by atoms with Crippen molar-refractivity contribution < 1.29 is 14.3 Å². The highest BCUT2D eigenvalue weighted by Crippen LogP contribution is 2.36. The molecule has 1 N–H and O–H groups in total. The minimum atomic E-state index is -0.532. The number of benzene rings is 1. The molecule has 2 saturated heterocycles. The van der Waals surface area contributed by atoms with Crippen molar-refractivity contribution in [3.63, 3.8) is 0 Å². The van der Waals surface area contributed by atoms with Crippen LogP contribution in [0.3, 0.4) is 0 Å². The maximum absolute atomic E-state index is 13.2. The van der Waals surface area contributed by atoms with Crippen LogP contribution in [-0.4, -0.2) is 48.6 Å². The van der Waals surface area contributed by atoms with Crippen LogP contribution in [-0.2, 0) is 19.7 Å². The normalized spacial score (nSPS) is 26.4. The maximum atomic E-state index is 13.2. The predicted octanol–water partition coefficient (Wildman–Crippen LogP) is 1.61. The number of nitrogens with zero attached hydrogens (tertiary/aromatic N) is 1. The van der Waals surface area contributed by atoms with Crippen LogP contribution in [0.4, 0.5) is 0 Å². The Hall–Kier alpha value is -1.88. The second-order valence-corrected chi connectivity index (χ2v) is 7.21. The maximum Gasteiger partial charge on any atom is 0.231 e. The van der Waals surface area contributed by atoms with Crippen LogP contribution in [0.5, 0.6) is 0 Å². The molecule has 24 heavy (non-hydrogen) atoms. The Kier molecular flexibility index (Phi) is 4.04. The van der Waals surface area contributed by atoms with E-state index in [9.17, 15) is 9.59 Å². The van der Waals surface area contributed by atoms with Crippen LogP contribution in [0.2, 0.25) is 0 Å². The lowest BCUT2D eigenvalue weighted by atomic mass is 9.73. The van der Waals surface area contributed by atoms with Gasteiger partial charge in [0.1, 0.15) is 0 Å². The molecule has 2 aliphatic heterocycles. The Balaban J connectivity index is 1.51. The van der Waals surface area contributed by atoms with Gasteiger partial charge in [-0.1, -0.05) is 30.3 Å². The summed E-state index contributed by atoms with van der Waals surface area (Å²) in [7, 11) is 0. The predicted molar refractivity (Wildman–Crippen MR) is 89.5 cm³/mol. The zero-order chi connectivity index (χ0) is 16.6. The molecule has 0 bridgehead atoms. The Labute approximate surface area is 142 Å².